The minimum absolute atomic E-state index is 0.139. The normalized spacial score (nSPS) is 10.3. The molecule has 0 N–H and O–H groups in total. The zero-order valence-corrected chi connectivity index (χ0v) is 10.3. The van der Waals surface area contributed by atoms with Crippen LogP contribution in [0.5, 0.6) is 0 Å². The maximum atomic E-state index is 10.5. The number of nitrogens with zero attached hydrogens (tertiary/aromatic N) is 1. The zero-order chi connectivity index (χ0) is 13.0. The molecule has 0 aromatic heterocycles. The van der Waals surface area contributed by atoms with Crippen molar-refractivity contribution in [3.05, 3.63) is 75.3 Å². The van der Waals surface area contributed by atoms with E-state index in [9.17, 15) is 10.1 Å². The van der Waals surface area contributed by atoms with E-state index in [0.29, 0.717) is 0 Å². The van der Waals surface area contributed by atoms with E-state index in [1.807, 2.05) is 12.1 Å². The van der Waals surface area contributed by atoms with Gasteiger partial charge in [-0.05, 0) is 29.5 Å². The Hall–Kier alpha value is -2.16. The summed E-state index contributed by atoms with van der Waals surface area (Å²) in [6, 6.07) is 15.2. The van der Waals surface area contributed by atoms with Crippen molar-refractivity contribution in [3.8, 4) is 0 Å². The fraction of sp³-hybridized carbons (Fsp3) is 0.200. The van der Waals surface area contributed by atoms with Gasteiger partial charge in [-0.3, -0.25) is 10.1 Å². The summed E-state index contributed by atoms with van der Waals surface area (Å²) in [5.74, 6) is 0. The van der Waals surface area contributed by atoms with E-state index < -0.39 is 0 Å². The van der Waals surface area contributed by atoms with Crippen molar-refractivity contribution < 1.29 is 4.92 Å². The monoisotopic (exact) mass is 241 g/mol. The molecule has 0 spiro atoms. The summed E-state index contributed by atoms with van der Waals surface area (Å²) in [6.07, 6.45) is 1.85. The minimum Gasteiger partial charge on any atom is -0.258 e. The predicted octanol–water partition coefficient (Wildman–Crippen LogP) is 3.75. The molecular weight excluding hydrogens is 226 g/mol. The van der Waals surface area contributed by atoms with E-state index in [4.69, 9.17) is 0 Å². The average molecular weight is 241 g/mol. The van der Waals surface area contributed by atoms with E-state index >= 15 is 0 Å². The molecule has 18 heavy (non-hydrogen) atoms. The predicted molar refractivity (Wildman–Crippen MR) is 71.7 cm³/mol. The van der Waals surface area contributed by atoms with Crippen molar-refractivity contribution in [2.45, 2.75) is 19.8 Å². The van der Waals surface area contributed by atoms with Crippen LogP contribution in [0.15, 0.2) is 48.5 Å². The molecule has 0 heterocycles. The van der Waals surface area contributed by atoms with Gasteiger partial charge >= 0.3 is 0 Å². The molecule has 0 fully saturated rings. The Labute approximate surface area is 106 Å². The average Bonchev–Trinajstić information content (AvgIpc) is 2.40. The van der Waals surface area contributed by atoms with Gasteiger partial charge in [0.25, 0.3) is 5.69 Å². The molecule has 0 unspecified atom stereocenters. The second-order valence-electron chi connectivity index (χ2n) is 4.27. The summed E-state index contributed by atoms with van der Waals surface area (Å²) < 4.78 is 0. The Balaban J connectivity index is 2.10. The number of hydrogen-bond acceptors (Lipinski definition) is 2. The van der Waals surface area contributed by atoms with Crippen LogP contribution >= 0.6 is 0 Å². The summed E-state index contributed by atoms with van der Waals surface area (Å²) in [5.41, 5.74) is 3.77. The zero-order valence-electron chi connectivity index (χ0n) is 10.3. The summed E-state index contributed by atoms with van der Waals surface area (Å²) in [7, 11) is 0. The lowest BCUT2D eigenvalue weighted by Crippen LogP contribution is -1.91. The number of aryl methyl sites for hydroxylation is 1. The van der Waals surface area contributed by atoms with Crippen LogP contribution in [0, 0.1) is 10.1 Å². The molecule has 3 nitrogen and oxygen atoms in total. The van der Waals surface area contributed by atoms with Crippen LogP contribution in [-0.2, 0) is 12.8 Å². The molecule has 0 saturated carbocycles. The molecule has 0 aliphatic carbocycles. The van der Waals surface area contributed by atoms with Crippen molar-refractivity contribution in [2.75, 3.05) is 0 Å². The highest BCUT2D eigenvalue weighted by Crippen LogP contribution is 2.15. The number of nitro benzene ring substituents is 1. The van der Waals surface area contributed by atoms with Gasteiger partial charge in [0.05, 0.1) is 4.92 Å². The number of non-ortho nitro benzene ring substituents is 1. The third kappa shape index (κ3) is 2.94. The first-order valence-electron chi connectivity index (χ1n) is 6.00. The van der Waals surface area contributed by atoms with Gasteiger partial charge in [-0.15, -0.1) is 0 Å². The van der Waals surface area contributed by atoms with E-state index in [-0.39, 0.29) is 10.6 Å². The van der Waals surface area contributed by atoms with Crippen LogP contribution in [-0.4, -0.2) is 4.92 Å². The Kier molecular flexibility index (Phi) is 3.72. The number of benzene rings is 2. The van der Waals surface area contributed by atoms with Gasteiger partial charge < -0.3 is 0 Å². The van der Waals surface area contributed by atoms with Gasteiger partial charge in [-0.1, -0.05) is 43.3 Å². The molecule has 3 heteroatoms. The molecular formula is C15H15NO2. The lowest BCUT2D eigenvalue weighted by molar-refractivity contribution is -0.384. The van der Waals surface area contributed by atoms with Gasteiger partial charge in [-0.2, -0.15) is 0 Å². The van der Waals surface area contributed by atoms with Crippen LogP contribution in [0.1, 0.15) is 23.6 Å². The Morgan fingerprint density at radius 2 is 1.33 bits per heavy atom. The summed E-state index contributed by atoms with van der Waals surface area (Å²) >= 11 is 0. The molecule has 0 aliphatic heterocycles. The van der Waals surface area contributed by atoms with E-state index in [1.165, 1.54) is 11.1 Å². The van der Waals surface area contributed by atoms with Crippen molar-refractivity contribution in [3.63, 3.8) is 0 Å². The van der Waals surface area contributed by atoms with Gasteiger partial charge in [0.15, 0.2) is 0 Å². The minimum atomic E-state index is -0.375. The van der Waals surface area contributed by atoms with Gasteiger partial charge in [0.1, 0.15) is 0 Å². The molecule has 0 atom stereocenters. The van der Waals surface area contributed by atoms with Crippen LogP contribution in [0.4, 0.5) is 5.69 Å². The quantitative estimate of drug-likeness (QED) is 0.604. The van der Waals surface area contributed by atoms with Crippen LogP contribution in [0.3, 0.4) is 0 Å². The van der Waals surface area contributed by atoms with E-state index in [0.717, 1.165) is 18.4 Å². The highest BCUT2D eigenvalue weighted by molar-refractivity contribution is 5.35. The summed E-state index contributed by atoms with van der Waals surface area (Å²) in [4.78, 5) is 10.2. The maximum absolute atomic E-state index is 10.5. The van der Waals surface area contributed by atoms with Crippen molar-refractivity contribution in [1.82, 2.24) is 0 Å². The second-order valence-corrected chi connectivity index (χ2v) is 4.27. The van der Waals surface area contributed by atoms with Crippen LogP contribution in [0.25, 0.3) is 0 Å². The van der Waals surface area contributed by atoms with Crippen molar-refractivity contribution >= 4 is 5.69 Å². The van der Waals surface area contributed by atoms with Gasteiger partial charge in [-0.25, -0.2) is 0 Å². The fourth-order valence-electron chi connectivity index (χ4n) is 1.86. The van der Waals surface area contributed by atoms with E-state index in [2.05, 4.69) is 31.2 Å². The highest BCUT2D eigenvalue weighted by atomic mass is 16.6. The Bertz CT molecular complexity index is 529. The molecule has 0 bridgehead atoms. The number of nitro groups is 1. The molecule has 0 radical (unpaired) electrons. The SMILES string of the molecule is CCc1ccc(Cc2ccc([N+](=O)[O-])cc2)cc1. The molecule has 0 amide bonds. The largest absolute Gasteiger partial charge is 0.269 e. The lowest BCUT2D eigenvalue weighted by Gasteiger charge is -2.03. The summed E-state index contributed by atoms with van der Waals surface area (Å²) in [5, 5.41) is 10.5. The van der Waals surface area contributed by atoms with Crippen molar-refractivity contribution in [1.29, 1.82) is 0 Å². The molecule has 0 aliphatic rings. The first-order chi connectivity index (χ1) is 8.69. The van der Waals surface area contributed by atoms with E-state index in [1.54, 1.807) is 12.1 Å². The molecule has 2 aromatic rings. The smallest absolute Gasteiger partial charge is 0.258 e. The van der Waals surface area contributed by atoms with Crippen LogP contribution in [0.2, 0.25) is 0 Å². The van der Waals surface area contributed by atoms with Gasteiger partial charge in [0, 0.05) is 12.1 Å². The Morgan fingerprint density at radius 3 is 1.78 bits per heavy atom. The first kappa shape index (κ1) is 12.3. The first-order valence-corrected chi connectivity index (χ1v) is 6.00. The van der Waals surface area contributed by atoms with Gasteiger partial charge in [0.2, 0.25) is 0 Å². The third-order valence-electron chi connectivity index (χ3n) is 2.99. The van der Waals surface area contributed by atoms with Crippen LogP contribution < -0.4 is 0 Å². The molecule has 2 rings (SSSR count). The lowest BCUT2D eigenvalue weighted by atomic mass is 10.0. The third-order valence-corrected chi connectivity index (χ3v) is 2.99. The number of rotatable bonds is 4. The fourth-order valence-corrected chi connectivity index (χ4v) is 1.86. The maximum Gasteiger partial charge on any atom is 0.269 e. The highest BCUT2D eigenvalue weighted by Gasteiger charge is 2.04. The topological polar surface area (TPSA) is 43.1 Å². The summed E-state index contributed by atoms with van der Waals surface area (Å²) in [6.45, 7) is 2.13. The standard InChI is InChI=1S/C15H15NO2/c1-2-12-3-5-13(6-4-12)11-14-7-9-15(10-8-14)16(17)18/h3-10H,2,11H2,1H3. The Morgan fingerprint density at radius 1 is 0.889 bits per heavy atom. The van der Waals surface area contributed by atoms with Crippen molar-refractivity contribution in [2.24, 2.45) is 0 Å². The molecule has 2 aromatic carbocycles. The molecule has 92 valence electrons. The number of hydrogen-bond donors (Lipinski definition) is 0. The molecule has 0 saturated heterocycles. The second kappa shape index (κ2) is 5.45.